The van der Waals surface area contributed by atoms with Crippen LogP contribution in [0.5, 0.6) is 5.75 Å². The zero-order valence-electron chi connectivity index (χ0n) is 12.4. The molecule has 0 saturated carbocycles. The summed E-state index contributed by atoms with van der Waals surface area (Å²) < 4.78 is 19.4. The van der Waals surface area contributed by atoms with Crippen molar-refractivity contribution in [2.75, 3.05) is 33.3 Å². The van der Waals surface area contributed by atoms with Crippen LogP contribution in [-0.2, 0) is 6.54 Å². The first-order valence-corrected chi connectivity index (χ1v) is 7.95. The fourth-order valence-electron chi connectivity index (χ4n) is 3.64. The van der Waals surface area contributed by atoms with Gasteiger partial charge in [0, 0.05) is 30.2 Å². The first kappa shape index (κ1) is 15.1. The van der Waals surface area contributed by atoms with E-state index in [1.54, 1.807) is 12.1 Å². The van der Waals surface area contributed by atoms with E-state index in [0.717, 1.165) is 26.2 Å². The molecule has 2 aliphatic heterocycles. The van der Waals surface area contributed by atoms with E-state index in [0.29, 0.717) is 22.5 Å². The highest BCUT2D eigenvalue weighted by atomic mass is 35.5. The maximum Gasteiger partial charge on any atom is 0.171 e. The number of rotatable bonds is 3. The Labute approximate surface area is 130 Å². The maximum absolute atomic E-state index is 14.4. The molecular formula is C16H22ClFN2O. The third kappa shape index (κ3) is 3.03. The van der Waals surface area contributed by atoms with Crippen molar-refractivity contribution in [3.63, 3.8) is 0 Å². The Kier molecular flexibility index (Phi) is 4.38. The number of methoxy groups -OCH3 is 1. The molecule has 1 N–H and O–H groups in total. The molecule has 0 aliphatic carbocycles. The van der Waals surface area contributed by atoms with Gasteiger partial charge in [0.1, 0.15) is 0 Å². The van der Waals surface area contributed by atoms with Gasteiger partial charge in [-0.1, -0.05) is 11.6 Å². The highest BCUT2D eigenvalue weighted by Crippen LogP contribution is 2.38. The SMILES string of the molecule is COc1ccc(Cl)c(CN2CC[C@]3(CCCNC3)C2)c1F. The van der Waals surface area contributed by atoms with Crippen LogP contribution in [0.1, 0.15) is 24.8 Å². The first-order chi connectivity index (χ1) is 10.1. The lowest BCUT2D eigenvalue weighted by Crippen LogP contribution is -2.41. The standard InChI is InChI=1S/C16H22ClFN2O/c1-21-14-4-3-13(17)12(15(14)18)9-20-8-6-16(11-20)5-2-7-19-10-16/h3-4,19H,2,5-11H2,1H3/t16-/m0/s1. The third-order valence-electron chi connectivity index (χ3n) is 4.83. The fourth-order valence-corrected chi connectivity index (χ4v) is 3.85. The quantitative estimate of drug-likeness (QED) is 0.928. The lowest BCUT2D eigenvalue weighted by Gasteiger charge is -2.34. The second-order valence-corrected chi connectivity index (χ2v) is 6.69. The molecule has 1 aromatic carbocycles. The van der Waals surface area contributed by atoms with Gasteiger partial charge >= 0.3 is 0 Å². The van der Waals surface area contributed by atoms with Gasteiger partial charge in [0.2, 0.25) is 0 Å². The van der Waals surface area contributed by atoms with Crippen molar-refractivity contribution < 1.29 is 9.13 Å². The maximum atomic E-state index is 14.4. The zero-order valence-corrected chi connectivity index (χ0v) is 13.2. The summed E-state index contributed by atoms with van der Waals surface area (Å²) in [6.07, 6.45) is 3.69. The van der Waals surface area contributed by atoms with E-state index in [2.05, 4.69) is 10.2 Å². The van der Waals surface area contributed by atoms with E-state index in [1.165, 1.54) is 26.4 Å². The molecule has 0 aromatic heterocycles. The average Bonchev–Trinajstić information content (AvgIpc) is 2.87. The van der Waals surface area contributed by atoms with Crippen LogP contribution in [0.25, 0.3) is 0 Å². The number of hydrogen-bond donors (Lipinski definition) is 1. The molecule has 2 saturated heterocycles. The minimum Gasteiger partial charge on any atom is -0.494 e. The molecule has 2 heterocycles. The van der Waals surface area contributed by atoms with Gasteiger partial charge in [0.05, 0.1) is 7.11 Å². The molecule has 1 atom stereocenters. The molecule has 0 amide bonds. The number of ether oxygens (including phenoxy) is 1. The van der Waals surface area contributed by atoms with Crippen molar-refractivity contribution in [2.24, 2.45) is 5.41 Å². The predicted octanol–water partition coefficient (Wildman–Crippen LogP) is 3.06. The number of hydrogen-bond acceptors (Lipinski definition) is 3. The number of nitrogens with one attached hydrogen (secondary N) is 1. The van der Waals surface area contributed by atoms with Crippen LogP contribution >= 0.6 is 11.6 Å². The Hall–Kier alpha value is -0.840. The molecule has 0 bridgehead atoms. The van der Waals surface area contributed by atoms with Crippen LogP contribution in [0.3, 0.4) is 0 Å². The fraction of sp³-hybridized carbons (Fsp3) is 0.625. The van der Waals surface area contributed by atoms with Gasteiger partial charge < -0.3 is 10.1 Å². The van der Waals surface area contributed by atoms with Crippen LogP contribution in [0.4, 0.5) is 4.39 Å². The molecule has 3 nitrogen and oxygen atoms in total. The smallest absolute Gasteiger partial charge is 0.171 e. The molecular weight excluding hydrogens is 291 g/mol. The molecule has 21 heavy (non-hydrogen) atoms. The minimum absolute atomic E-state index is 0.266. The Morgan fingerprint density at radius 3 is 3.00 bits per heavy atom. The Morgan fingerprint density at radius 2 is 2.29 bits per heavy atom. The van der Waals surface area contributed by atoms with Crippen molar-refractivity contribution in [2.45, 2.75) is 25.8 Å². The normalized spacial score (nSPS) is 26.4. The Balaban J connectivity index is 1.73. The molecule has 0 unspecified atom stereocenters. The van der Waals surface area contributed by atoms with Gasteiger partial charge in [-0.05, 0) is 49.9 Å². The lowest BCUT2D eigenvalue weighted by molar-refractivity contribution is 0.198. The molecule has 1 aromatic rings. The molecule has 2 aliphatic rings. The highest BCUT2D eigenvalue weighted by Gasteiger charge is 2.39. The van der Waals surface area contributed by atoms with Gasteiger partial charge in [-0.3, -0.25) is 4.90 Å². The van der Waals surface area contributed by atoms with Crippen molar-refractivity contribution in [1.82, 2.24) is 10.2 Å². The largest absolute Gasteiger partial charge is 0.494 e. The molecule has 3 rings (SSSR count). The first-order valence-electron chi connectivity index (χ1n) is 7.57. The minimum atomic E-state index is -0.326. The van der Waals surface area contributed by atoms with E-state index in [4.69, 9.17) is 16.3 Å². The molecule has 0 radical (unpaired) electrons. The van der Waals surface area contributed by atoms with Gasteiger partial charge in [-0.15, -0.1) is 0 Å². The number of nitrogens with zero attached hydrogens (tertiary/aromatic N) is 1. The summed E-state index contributed by atoms with van der Waals surface area (Å²) in [5.74, 6) is -0.0598. The second-order valence-electron chi connectivity index (χ2n) is 6.28. The lowest BCUT2D eigenvalue weighted by atomic mass is 9.80. The highest BCUT2D eigenvalue weighted by molar-refractivity contribution is 6.31. The van der Waals surface area contributed by atoms with E-state index in [1.807, 2.05) is 0 Å². The third-order valence-corrected chi connectivity index (χ3v) is 5.18. The molecule has 2 fully saturated rings. The van der Waals surface area contributed by atoms with Crippen LogP contribution in [0, 0.1) is 11.2 Å². The number of halogens is 2. The van der Waals surface area contributed by atoms with Crippen LogP contribution in [0.15, 0.2) is 12.1 Å². The average molecular weight is 313 g/mol. The van der Waals surface area contributed by atoms with E-state index in [-0.39, 0.29) is 11.6 Å². The van der Waals surface area contributed by atoms with Crippen molar-refractivity contribution in [3.8, 4) is 5.75 Å². The number of likely N-dealkylation sites (tertiary alicyclic amines) is 1. The van der Waals surface area contributed by atoms with E-state index < -0.39 is 0 Å². The van der Waals surface area contributed by atoms with E-state index in [9.17, 15) is 4.39 Å². The van der Waals surface area contributed by atoms with Crippen LogP contribution < -0.4 is 10.1 Å². The second kappa shape index (κ2) is 6.11. The van der Waals surface area contributed by atoms with Crippen LogP contribution in [-0.4, -0.2) is 38.2 Å². The summed E-state index contributed by atoms with van der Waals surface area (Å²) in [5, 5.41) is 3.98. The van der Waals surface area contributed by atoms with E-state index >= 15 is 0 Å². The predicted molar refractivity (Wildman–Crippen MR) is 82.4 cm³/mol. The number of piperidine rings is 1. The summed E-state index contributed by atoms with van der Waals surface area (Å²) >= 11 is 6.18. The van der Waals surface area contributed by atoms with Gasteiger partial charge in [-0.25, -0.2) is 4.39 Å². The van der Waals surface area contributed by atoms with Gasteiger partial charge in [0.15, 0.2) is 11.6 Å². The van der Waals surface area contributed by atoms with Crippen LogP contribution in [0.2, 0.25) is 5.02 Å². The summed E-state index contributed by atoms with van der Waals surface area (Å²) in [6, 6.07) is 3.30. The van der Waals surface area contributed by atoms with Gasteiger partial charge in [-0.2, -0.15) is 0 Å². The molecule has 1 spiro atoms. The van der Waals surface area contributed by atoms with Gasteiger partial charge in [0.25, 0.3) is 0 Å². The monoisotopic (exact) mass is 312 g/mol. The van der Waals surface area contributed by atoms with Crippen molar-refractivity contribution in [1.29, 1.82) is 0 Å². The summed E-state index contributed by atoms with van der Waals surface area (Å²) in [5.41, 5.74) is 0.928. The summed E-state index contributed by atoms with van der Waals surface area (Å²) in [4.78, 5) is 2.32. The Bertz CT molecular complexity index is 517. The Morgan fingerprint density at radius 1 is 1.43 bits per heavy atom. The topological polar surface area (TPSA) is 24.5 Å². The zero-order chi connectivity index (χ0) is 14.9. The van der Waals surface area contributed by atoms with Crippen molar-refractivity contribution in [3.05, 3.63) is 28.5 Å². The molecule has 5 heteroatoms. The summed E-state index contributed by atoms with van der Waals surface area (Å²) in [6.45, 7) is 4.79. The van der Waals surface area contributed by atoms with Crippen molar-refractivity contribution >= 4 is 11.6 Å². The molecule has 116 valence electrons. The number of benzene rings is 1. The summed E-state index contributed by atoms with van der Waals surface area (Å²) in [7, 11) is 1.48.